The zero-order chi connectivity index (χ0) is 12.7. The standard InChI is InChI=1S/C11H7BrF3NO/c12-8-3-1-2-7(11(13,14)15)9(8)10(4-5-10)16-6-17/h1-3H,4-5H2. The second-order valence-corrected chi connectivity index (χ2v) is 4.75. The zero-order valence-electron chi connectivity index (χ0n) is 8.51. The van der Waals surface area contributed by atoms with Crippen LogP contribution in [0.3, 0.4) is 0 Å². The second-order valence-electron chi connectivity index (χ2n) is 3.89. The average Bonchev–Trinajstić information content (AvgIpc) is 2.97. The van der Waals surface area contributed by atoms with Gasteiger partial charge in [0.25, 0.3) is 0 Å². The first kappa shape index (κ1) is 12.3. The monoisotopic (exact) mass is 305 g/mol. The molecule has 1 aromatic carbocycles. The van der Waals surface area contributed by atoms with Crippen LogP contribution < -0.4 is 0 Å². The molecule has 0 N–H and O–H groups in total. The summed E-state index contributed by atoms with van der Waals surface area (Å²) in [6.07, 6.45) is -2.21. The lowest BCUT2D eigenvalue weighted by molar-refractivity contribution is -0.138. The van der Waals surface area contributed by atoms with E-state index in [1.54, 1.807) is 0 Å². The predicted octanol–water partition coefficient (Wildman–Crippen LogP) is 3.79. The summed E-state index contributed by atoms with van der Waals surface area (Å²) in [5.41, 5.74) is -1.74. The topological polar surface area (TPSA) is 29.4 Å². The first-order valence-corrected chi connectivity index (χ1v) is 5.65. The van der Waals surface area contributed by atoms with Gasteiger partial charge in [-0.3, -0.25) is 0 Å². The molecule has 1 saturated carbocycles. The van der Waals surface area contributed by atoms with Crippen molar-refractivity contribution in [1.29, 1.82) is 0 Å². The Labute approximate surface area is 104 Å². The fourth-order valence-electron chi connectivity index (χ4n) is 1.86. The van der Waals surface area contributed by atoms with Crippen LogP contribution >= 0.6 is 15.9 Å². The molecule has 1 aliphatic rings. The van der Waals surface area contributed by atoms with Gasteiger partial charge in [0.05, 0.1) is 5.56 Å². The van der Waals surface area contributed by atoms with Crippen molar-refractivity contribution in [1.82, 2.24) is 0 Å². The number of nitrogens with zero attached hydrogens (tertiary/aromatic N) is 1. The summed E-state index contributed by atoms with van der Waals surface area (Å²) >= 11 is 3.10. The van der Waals surface area contributed by atoms with Gasteiger partial charge in [-0.2, -0.15) is 18.2 Å². The van der Waals surface area contributed by atoms with Crippen molar-refractivity contribution in [3.63, 3.8) is 0 Å². The van der Waals surface area contributed by atoms with Crippen molar-refractivity contribution in [2.24, 2.45) is 4.99 Å². The number of rotatable bonds is 2. The molecule has 1 aliphatic carbocycles. The summed E-state index contributed by atoms with van der Waals surface area (Å²) in [5.74, 6) is 0. The maximum atomic E-state index is 12.9. The summed E-state index contributed by atoms with van der Waals surface area (Å²) in [7, 11) is 0. The van der Waals surface area contributed by atoms with E-state index in [0.717, 1.165) is 6.07 Å². The molecule has 0 radical (unpaired) electrons. The third-order valence-electron chi connectivity index (χ3n) is 2.77. The van der Waals surface area contributed by atoms with Gasteiger partial charge in [0.1, 0.15) is 5.54 Å². The highest BCUT2D eigenvalue weighted by atomic mass is 79.9. The van der Waals surface area contributed by atoms with E-state index in [4.69, 9.17) is 0 Å². The molecule has 90 valence electrons. The van der Waals surface area contributed by atoms with Crippen molar-refractivity contribution in [2.75, 3.05) is 0 Å². The third kappa shape index (κ3) is 2.15. The number of carbonyl (C=O) groups excluding carboxylic acids is 1. The number of benzene rings is 1. The molecule has 2 rings (SSSR count). The fourth-order valence-corrected chi connectivity index (χ4v) is 2.59. The molecule has 0 saturated heterocycles. The molecule has 0 unspecified atom stereocenters. The summed E-state index contributed by atoms with van der Waals surface area (Å²) in [6, 6.07) is 3.84. The molecular weight excluding hydrogens is 299 g/mol. The SMILES string of the molecule is O=C=NC1(c2c(Br)cccc2C(F)(F)F)CC1. The van der Waals surface area contributed by atoms with Crippen LogP contribution in [0.25, 0.3) is 0 Å². The zero-order valence-corrected chi connectivity index (χ0v) is 10.1. The van der Waals surface area contributed by atoms with Crippen molar-refractivity contribution in [2.45, 2.75) is 24.6 Å². The van der Waals surface area contributed by atoms with Gasteiger partial charge in [-0.05, 0) is 25.0 Å². The number of hydrogen-bond donors (Lipinski definition) is 0. The molecule has 0 spiro atoms. The third-order valence-corrected chi connectivity index (χ3v) is 3.43. The Morgan fingerprint density at radius 1 is 1.35 bits per heavy atom. The Morgan fingerprint density at radius 2 is 2.00 bits per heavy atom. The minimum absolute atomic E-state index is 0.0378. The van der Waals surface area contributed by atoms with Crippen LogP contribution in [0, 0.1) is 0 Å². The highest BCUT2D eigenvalue weighted by Crippen LogP contribution is 2.54. The van der Waals surface area contributed by atoms with Crippen molar-refractivity contribution >= 4 is 22.0 Å². The molecule has 1 aromatic rings. The fraction of sp³-hybridized carbons (Fsp3) is 0.364. The summed E-state index contributed by atoms with van der Waals surface area (Å²) in [4.78, 5) is 13.9. The summed E-state index contributed by atoms with van der Waals surface area (Å²) in [5, 5.41) is 0. The van der Waals surface area contributed by atoms with E-state index in [1.165, 1.54) is 18.2 Å². The average molecular weight is 306 g/mol. The number of aliphatic imine (C=N–C) groups is 1. The maximum Gasteiger partial charge on any atom is 0.416 e. The number of isocyanates is 1. The van der Waals surface area contributed by atoms with Crippen LogP contribution in [0.4, 0.5) is 13.2 Å². The van der Waals surface area contributed by atoms with Gasteiger partial charge < -0.3 is 0 Å². The van der Waals surface area contributed by atoms with Gasteiger partial charge in [-0.15, -0.1) is 0 Å². The highest BCUT2D eigenvalue weighted by Gasteiger charge is 2.51. The van der Waals surface area contributed by atoms with Crippen LogP contribution in [0.2, 0.25) is 0 Å². The molecule has 17 heavy (non-hydrogen) atoms. The van der Waals surface area contributed by atoms with Crippen LogP contribution in [0.15, 0.2) is 27.7 Å². The van der Waals surface area contributed by atoms with E-state index in [2.05, 4.69) is 20.9 Å². The Bertz CT molecular complexity index is 502. The van der Waals surface area contributed by atoms with Gasteiger partial charge >= 0.3 is 6.18 Å². The van der Waals surface area contributed by atoms with Crippen molar-refractivity contribution < 1.29 is 18.0 Å². The van der Waals surface area contributed by atoms with E-state index in [1.807, 2.05) is 0 Å². The second kappa shape index (κ2) is 3.96. The van der Waals surface area contributed by atoms with Crippen molar-refractivity contribution in [3.05, 3.63) is 33.8 Å². The van der Waals surface area contributed by atoms with Crippen LogP contribution in [0.5, 0.6) is 0 Å². The minimum Gasteiger partial charge on any atom is -0.211 e. The minimum atomic E-state index is -4.45. The van der Waals surface area contributed by atoms with Gasteiger partial charge in [-0.1, -0.05) is 22.0 Å². The Morgan fingerprint density at radius 3 is 2.47 bits per heavy atom. The molecule has 0 aromatic heterocycles. The van der Waals surface area contributed by atoms with Crippen LogP contribution in [-0.2, 0) is 16.5 Å². The van der Waals surface area contributed by atoms with Crippen LogP contribution in [0.1, 0.15) is 24.0 Å². The molecule has 0 aliphatic heterocycles. The van der Waals surface area contributed by atoms with Gasteiger partial charge in [0.15, 0.2) is 0 Å². The predicted molar refractivity (Wildman–Crippen MR) is 58.2 cm³/mol. The van der Waals surface area contributed by atoms with E-state index in [-0.39, 0.29) is 5.56 Å². The number of alkyl halides is 3. The first-order valence-electron chi connectivity index (χ1n) is 4.86. The lowest BCUT2D eigenvalue weighted by Crippen LogP contribution is -2.15. The van der Waals surface area contributed by atoms with Gasteiger partial charge in [0, 0.05) is 10.0 Å². The molecule has 0 atom stereocenters. The molecule has 0 amide bonds. The van der Waals surface area contributed by atoms with E-state index in [0.29, 0.717) is 17.3 Å². The lowest BCUT2D eigenvalue weighted by Gasteiger charge is -2.18. The quantitative estimate of drug-likeness (QED) is 0.604. The van der Waals surface area contributed by atoms with Crippen LogP contribution in [-0.4, -0.2) is 6.08 Å². The molecule has 0 heterocycles. The van der Waals surface area contributed by atoms with Gasteiger partial charge in [-0.25, -0.2) is 4.79 Å². The lowest BCUT2D eigenvalue weighted by atomic mass is 9.98. The van der Waals surface area contributed by atoms with E-state index >= 15 is 0 Å². The smallest absolute Gasteiger partial charge is 0.211 e. The Kier molecular flexibility index (Phi) is 2.87. The summed E-state index contributed by atoms with van der Waals surface area (Å²) < 4.78 is 38.9. The van der Waals surface area contributed by atoms with Gasteiger partial charge in [0.2, 0.25) is 6.08 Å². The Balaban J connectivity index is 2.64. The normalized spacial score (nSPS) is 17.4. The molecule has 6 heteroatoms. The van der Waals surface area contributed by atoms with Crippen molar-refractivity contribution in [3.8, 4) is 0 Å². The largest absolute Gasteiger partial charge is 0.416 e. The Hall–Kier alpha value is -1.13. The molecule has 2 nitrogen and oxygen atoms in total. The first-order chi connectivity index (χ1) is 7.91. The summed E-state index contributed by atoms with van der Waals surface area (Å²) in [6.45, 7) is 0. The maximum absolute atomic E-state index is 12.9. The van der Waals surface area contributed by atoms with E-state index in [9.17, 15) is 18.0 Å². The van der Waals surface area contributed by atoms with E-state index < -0.39 is 17.3 Å². The molecule has 0 bridgehead atoms. The number of hydrogen-bond acceptors (Lipinski definition) is 2. The highest BCUT2D eigenvalue weighted by molar-refractivity contribution is 9.10. The molecular formula is C11H7BrF3NO. The molecule has 1 fully saturated rings. The number of halogens is 4.